The molecule has 13 nitrogen and oxygen atoms in total. The molecule has 0 aliphatic carbocycles. The highest BCUT2D eigenvalue weighted by Gasteiger charge is 2.28. The molecule has 0 radical (unpaired) electrons. The Morgan fingerprint density at radius 3 is 2.02 bits per heavy atom. The van der Waals surface area contributed by atoms with E-state index in [-0.39, 0.29) is 17.2 Å². The van der Waals surface area contributed by atoms with Crippen molar-refractivity contribution >= 4 is 38.5 Å². The Morgan fingerprint density at radius 1 is 0.854 bits per heavy atom. The van der Waals surface area contributed by atoms with Crippen LogP contribution in [0.5, 0.6) is 5.75 Å². The van der Waals surface area contributed by atoms with Crippen LogP contribution in [0.1, 0.15) is 15.9 Å². The Bertz CT molecular complexity index is 1940. The van der Waals surface area contributed by atoms with Crippen molar-refractivity contribution in [2.24, 2.45) is 0 Å². The number of hydrogen-bond donors (Lipinski definition) is 3. The molecule has 0 aliphatic rings. The number of aromatic nitrogens is 1. The van der Waals surface area contributed by atoms with Crippen molar-refractivity contribution in [2.45, 2.75) is 17.4 Å². The molecule has 252 valence electrons. The van der Waals surface area contributed by atoms with Crippen molar-refractivity contribution in [3.8, 4) is 5.75 Å². The molecule has 0 aliphatic heterocycles. The van der Waals surface area contributed by atoms with Gasteiger partial charge in [-0.2, -0.15) is 4.72 Å². The quantitative estimate of drug-likeness (QED) is 0.0900. The number of rotatable bonds is 11. The van der Waals surface area contributed by atoms with Crippen LogP contribution in [0.4, 0.5) is 5.69 Å². The first kappa shape index (κ1) is 36.8. The average Bonchev–Trinajstić information content (AvgIpc) is 3.46. The number of fused-ring (bicyclic) bond motifs is 1. The zero-order chi connectivity index (χ0) is 34.9. The Labute approximate surface area is 288 Å². The standard InChI is InChI=1S/C32H28IN3O6S.ClHO4/c1-41-26-15-11-24(12-16-26)33-23-9-7-21(8-10-23)31(37)35-25-13-17-27(18-14-25)43(39,40)36-30(32(38)42-2)19-22-20-34-29-6-4-3-5-28(22)29;2-1(3,4)5/h3-18,20,30,34,36H,19H2,1-2H3;(H,2,3,4,5)/t30-;/m1./s1. The number of carbonyl (C=O) groups excluding carboxylic acids is 2. The molecule has 1 atom stereocenters. The van der Waals surface area contributed by atoms with E-state index in [1.165, 1.54) is 34.9 Å². The summed E-state index contributed by atoms with van der Waals surface area (Å²) in [5.41, 5.74) is 2.58. The molecule has 1 aromatic heterocycles. The van der Waals surface area contributed by atoms with Gasteiger partial charge in [-0.15, -0.1) is 10.2 Å². The minimum Gasteiger partial charge on any atom is -0.497 e. The van der Waals surface area contributed by atoms with Gasteiger partial charge in [-0.1, -0.05) is 18.2 Å². The molecule has 48 heavy (non-hydrogen) atoms. The minimum atomic E-state index is -4.94. The van der Waals surface area contributed by atoms with E-state index in [0.29, 0.717) is 11.3 Å². The molecule has 5 aromatic rings. The number of benzene rings is 4. The van der Waals surface area contributed by atoms with Crippen LogP contribution in [0.2, 0.25) is 0 Å². The van der Waals surface area contributed by atoms with Crippen LogP contribution < -0.4 is 54.6 Å². The predicted octanol–water partition coefficient (Wildman–Crippen LogP) is -3.14. The number of carbonyl (C=O) groups is 2. The lowest BCUT2D eigenvalue weighted by Gasteiger charge is -2.17. The number of amides is 1. The zero-order valence-corrected chi connectivity index (χ0v) is 29.1. The Hall–Kier alpha value is -4.07. The van der Waals surface area contributed by atoms with Crippen molar-refractivity contribution in [1.82, 2.24) is 9.71 Å². The number of hydrogen-bond acceptors (Lipinski definition) is 10. The monoisotopic (exact) mass is 809 g/mol. The van der Waals surface area contributed by atoms with E-state index in [4.69, 9.17) is 28.1 Å². The van der Waals surface area contributed by atoms with E-state index < -0.39 is 53.5 Å². The molecule has 1 heterocycles. The Kier molecular flexibility index (Phi) is 12.5. The van der Waals surface area contributed by atoms with E-state index in [1.54, 1.807) is 25.4 Å². The third-order valence-electron chi connectivity index (χ3n) is 6.68. The Morgan fingerprint density at radius 2 is 1.44 bits per heavy atom. The van der Waals surface area contributed by atoms with Gasteiger partial charge in [0.1, 0.15) is 11.8 Å². The summed E-state index contributed by atoms with van der Waals surface area (Å²) >= 11 is -0.400. The van der Waals surface area contributed by atoms with Crippen molar-refractivity contribution in [3.63, 3.8) is 0 Å². The number of H-pyrrole nitrogens is 1. The van der Waals surface area contributed by atoms with E-state index in [9.17, 15) is 18.0 Å². The van der Waals surface area contributed by atoms with Gasteiger partial charge in [0.15, 0.2) is 7.14 Å². The van der Waals surface area contributed by atoms with Crippen molar-refractivity contribution < 1.29 is 77.6 Å². The summed E-state index contributed by atoms with van der Waals surface area (Å²) in [6.07, 6.45) is 1.85. The highest BCUT2D eigenvalue weighted by molar-refractivity contribution is 7.89. The first-order valence-corrected chi connectivity index (χ1v) is 18.7. The van der Waals surface area contributed by atoms with Gasteiger partial charge in [0.05, 0.1) is 19.1 Å². The van der Waals surface area contributed by atoms with E-state index >= 15 is 0 Å². The lowest BCUT2D eigenvalue weighted by Crippen LogP contribution is -3.61. The normalized spacial score (nSPS) is 12.0. The summed E-state index contributed by atoms with van der Waals surface area (Å²) in [4.78, 5) is 28.4. The molecule has 3 N–H and O–H groups in total. The van der Waals surface area contributed by atoms with Crippen LogP contribution in [-0.4, -0.2) is 45.5 Å². The largest absolute Gasteiger partial charge is 0.497 e. The molecule has 0 unspecified atom stereocenters. The van der Waals surface area contributed by atoms with Gasteiger partial charge in [0.2, 0.25) is 10.0 Å². The van der Waals surface area contributed by atoms with Gasteiger partial charge in [-0.25, -0.2) is 27.1 Å². The van der Waals surface area contributed by atoms with E-state index in [1.807, 2.05) is 60.7 Å². The van der Waals surface area contributed by atoms with E-state index in [0.717, 1.165) is 25.8 Å². The van der Waals surface area contributed by atoms with Crippen LogP contribution in [0.15, 0.2) is 108 Å². The maximum atomic E-state index is 13.2. The molecule has 4 aromatic carbocycles. The number of esters is 1. The fourth-order valence-electron chi connectivity index (χ4n) is 4.44. The van der Waals surface area contributed by atoms with Crippen LogP contribution in [-0.2, 0) is 26.0 Å². The second kappa shape index (κ2) is 16.4. The maximum absolute atomic E-state index is 13.2. The lowest BCUT2D eigenvalue weighted by molar-refractivity contribution is -2.00. The van der Waals surface area contributed by atoms with E-state index in [2.05, 4.69) is 15.0 Å². The molecule has 0 saturated carbocycles. The van der Waals surface area contributed by atoms with Gasteiger partial charge in [-0.05, 0) is 84.4 Å². The summed E-state index contributed by atoms with van der Waals surface area (Å²) in [6, 6.07) is 27.6. The summed E-state index contributed by atoms with van der Waals surface area (Å²) < 4.78 is 75.3. The first-order valence-electron chi connectivity index (χ1n) is 13.8. The molecule has 5 rings (SSSR count). The van der Waals surface area contributed by atoms with Gasteiger partial charge >= 0.3 is 27.2 Å². The van der Waals surface area contributed by atoms with Crippen LogP contribution >= 0.6 is 0 Å². The molecular formula is C32H29ClIN3O10S. The molecule has 0 bridgehead atoms. The highest BCUT2D eigenvalue weighted by atomic mass is 127. The lowest BCUT2D eigenvalue weighted by atomic mass is 10.1. The minimum absolute atomic E-state index is 0.0508. The SMILES string of the molecule is COC(=O)[C@@H](Cc1c[nH]c2ccccc12)NS(=O)(=O)c1ccc(NC(=O)c2ccc([I+]c3ccc(OC)cc3)cc2)cc1.[O-][Cl+3]([O-])([O-])[O-]. The number of para-hydroxylation sites is 1. The molecular weight excluding hydrogens is 781 g/mol. The van der Waals surface area contributed by atoms with Gasteiger partial charge in [0.25, 0.3) is 5.91 Å². The third-order valence-corrected chi connectivity index (χ3v) is 10.9. The number of aromatic amines is 1. The van der Waals surface area contributed by atoms with Gasteiger partial charge in [-0.3, -0.25) is 9.59 Å². The molecule has 0 spiro atoms. The Balaban J connectivity index is 0.000000968. The second-order valence-corrected chi connectivity index (χ2v) is 15.4. The van der Waals surface area contributed by atoms with Crippen LogP contribution in [0, 0.1) is 17.4 Å². The second-order valence-electron chi connectivity index (χ2n) is 9.88. The fourth-order valence-corrected chi connectivity index (χ4v) is 7.78. The number of ether oxygens (including phenoxy) is 2. The average molecular weight is 810 g/mol. The van der Waals surface area contributed by atoms with Crippen molar-refractivity contribution in [2.75, 3.05) is 19.5 Å². The fraction of sp³-hybridized carbons (Fsp3) is 0.125. The number of anilines is 1. The van der Waals surface area contributed by atoms with Crippen LogP contribution in [0.3, 0.4) is 0 Å². The smallest absolute Gasteiger partial charge is 0.357 e. The molecule has 0 saturated heterocycles. The summed E-state index contributed by atoms with van der Waals surface area (Å²) in [7, 11) is -6.17. The summed E-state index contributed by atoms with van der Waals surface area (Å²) in [5.74, 6) is -0.198. The number of halogens is 2. The van der Waals surface area contributed by atoms with Crippen molar-refractivity contribution in [3.05, 3.63) is 122 Å². The zero-order valence-electron chi connectivity index (χ0n) is 25.3. The summed E-state index contributed by atoms with van der Waals surface area (Å²) in [6.45, 7) is 0. The highest BCUT2D eigenvalue weighted by Crippen LogP contribution is 2.21. The molecule has 1 amide bonds. The number of methoxy groups -OCH3 is 2. The first-order chi connectivity index (χ1) is 22.8. The van der Waals surface area contributed by atoms with Gasteiger partial charge < -0.3 is 19.8 Å². The molecule has 16 heteroatoms. The number of sulfonamides is 1. The predicted molar refractivity (Wildman–Crippen MR) is 159 cm³/mol. The van der Waals surface area contributed by atoms with Crippen LogP contribution in [0.25, 0.3) is 10.9 Å². The van der Waals surface area contributed by atoms with Crippen molar-refractivity contribution in [1.29, 1.82) is 0 Å². The summed E-state index contributed by atoms with van der Waals surface area (Å²) in [5, 5.41) is 3.69. The van der Waals surface area contributed by atoms with Gasteiger partial charge in [0, 0.05) is 34.8 Å². The molecule has 0 fully saturated rings. The third kappa shape index (κ3) is 10.7. The number of nitrogens with one attached hydrogen (secondary N) is 3. The topological polar surface area (TPSA) is 219 Å². The maximum Gasteiger partial charge on any atom is 0.357 e.